The van der Waals surface area contributed by atoms with Crippen molar-refractivity contribution in [1.82, 2.24) is 4.90 Å². The lowest BCUT2D eigenvalue weighted by Gasteiger charge is -2.22. The Morgan fingerprint density at radius 1 is 1.33 bits per heavy atom. The average Bonchev–Trinajstić information content (AvgIpc) is 2.28. The molecule has 5 nitrogen and oxygen atoms in total. The highest BCUT2D eigenvalue weighted by Gasteiger charge is 2.24. The largest absolute Gasteiger partial charge is 0.481 e. The number of carboxylic acids is 1. The van der Waals surface area contributed by atoms with Crippen LogP contribution in [0.3, 0.4) is 0 Å². The third kappa shape index (κ3) is 2.04. The summed E-state index contributed by atoms with van der Waals surface area (Å²) in [6.45, 7) is 0.144. The number of carbonyl (C=O) groups is 1. The molecule has 0 aromatic heterocycles. The fourth-order valence-electron chi connectivity index (χ4n) is 1.07. The maximum Gasteiger partial charge on any atom is 0.304 e. The van der Waals surface area contributed by atoms with Gasteiger partial charge in [-0.15, -0.1) is 0 Å². The van der Waals surface area contributed by atoms with E-state index in [0.29, 0.717) is 0 Å². The zero-order valence-corrected chi connectivity index (χ0v) is 6.42. The van der Waals surface area contributed by atoms with Crippen LogP contribution in [0.5, 0.6) is 0 Å². The molecule has 2 unspecified atom stereocenters. The Bertz CT molecular complexity index is 192. The fourth-order valence-corrected chi connectivity index (χ4v) is 1.07. The standard InChI is InChI=1S/C7H11NO4/c9-5-1-2-6(10)8(5)4-3-7(11)12/h1-2,5-6,9-10H,3-4H2,(H,11,12). The number of carboxylic acid groups (broad SMARTS) is 1. The number of rotatable bonds is 3. The maximum atomic E-state index is 10.2. The Morgan fingerprint density at radius 3 is 2.25 bits per heavy atom. The van der Waals surface area contributed by atoms with Gasteiger partial charge in [-0.2, -0.15) is 0 Å². The van der Waals surface area contributed by atoms with Gasteiger partial charge in [-0.25, -0.2) is 4.90 Å². The van der Waals surface area contributed by atoms with E-state index >= 15 is 0 Å². The van der Waals surface area contributed by atoms with Gasteiger partial charge in [0, 0.05) is 6.54 Å². The predicted octanol–water partition coefficient (Wildman–Crippen LogP) is -1.03. The highest BCUT2D eigenvalue weighted by molar-refractivity contribution is 5.66. The molecule has 0 aromatic rings. The summed E-state index contributed by atoms with van der Waals surface area (Å²) in [4.78, 5) is 11.4. The van der Waals surface area contributed by atoms with Crippen LogP contribution in [-0.4, -0.2) is 45.2 Å². The Balaban J connectivity index is 2.37. The lowest BCUT2D eigenvalue weighted by molar-refractivity contribution is -0.138. The van der Waals surface area contributed by atoms with Crippen LogP contribution < -0.4 is 0 Å². The van der Waals surface area contributed by atoms with Crippen LogP contribution in [0.25, 0.3) is 0 Å². The van der Waals surface area contributed by atoms with Crippen LogP contribution in [0.15, 0.2) is 12.2 Å². The predicted molar refractivity (Wildman–Crippen MR) is 40.1 cm³/mol. The molecule has 0 radical (unpaired) electrons. The number of hydrogen-bond acceptors (Lipinski definition) is 4. The first-order chi connectivity index (χ1) is 5.61. The first-order valence-electron chi connectivity index (χ1n) is 3.63. The van der Waals surface area contributed by atoms with Crippen molar-refractivity contribution in [2.75, 3.05) is 6.54 Å². The molecule has 2 atom stereocenters. The summed E-state index contributed by atoms with van der Waals surface area (Å²) in [6.07, 6.45) is 1.04. The van der Waals surface area contributed by atoms with Crippen LogP contribution in [0, 0.1) is 0 Å². The molecule has 0 aromatic carbocycles. The molecule has 0 amide bonds. The minimum atomic E-state index is -0.943. The van der Waals surface area contributed by atoms with Gasteiger partial charge < -0.3 is 15.3 Å². The van der Waals surface area contributed by atoms with E-state index in [1.54, 1.807) is 0 Å². The topological polar surface area (TPSA) is 81.0 Å². The molecule has 0 fully saturated rings. The molecule has 68 valence electrons. The van der Waals surface area contributed by atoms with Crippen LogP contribution in [-0.2, 0) is 4.79 Å². The van der Waals surface area contributed by atoms with E-state index in [0.717, 1.165) is 0 Å². The molecular weight excluding hydrogens is 162 g/mol. The van der Waals surface area contributed by atoms with Gasteiger partial charge in [0.2, 0.25) is 0 Å². The molecule has 0 bridgehead atoms. The Labute approximate surface area is 69.5 Å². The van der Waals surface area contributed by atoms with E-state index in [4.69, 9.17) is 15.3 Å². The first kappa shape index (κ1) is 9.18. The summed E-state index contributed by atoms with van der Waals surface area (Å²) < 4.78 is 0. The van der Waals surface area contributed by atoms with Crippen molar-refractivity contribution in [3.05, 3.63) is 12.2 Å². The van der Waals surface area contributed by atoms with Crippen molar-refractivity contribution < 1.29 is 20.1 Å². The summed E-state index contributed by atoms with van der Waals surface area (Å²) in [7, 11) is 0. The van der Waals surface area contributed by atoms with E-state index in [1.807, 2.05) is 0 Å². The van der Waals surface area contributed by atoms with Gasteiger partial charge >= 0.3 is 5.97 Å². The van der Waals surface area contributed by atoms with E-state index < -0.39 is 18.4 Å². The maximum absolute atomic E-state index is 10.2. The summed E-state index contributed by atoms with van der Waals surface area (Å²) in [5.74, 6) is -0.943. The third-order valence-electron chi connectivity index (χ3n) is 1.72. The molecule has 1 heterocycles. The highest BCUT2D eigenvalue weighted by Crippen LogP contribution is 2.12. The van der Waals surface area contributed by atoms with Gasteiger partial charge in [0.25, 0.3) is 0 Å². The van der Waals surface area contributed by atoms with Crippen molar-refractivity contribution in [3.8, 4) is 0 Å². The molecule has 0 aliphatic carbocycles. The van der Waals surface area contributed by atoms with Crippen molar-refractivity contribution in [2.24, 2.45) is 0 Å². The summed E-state index contributed by atoms with van der Waals surface area (Å²) in [5, 5.41) is 26.7. The second kappa shape index (κ2) is 3.66. The Hall–Kier alpha value is -0.910. The third-order valence-corrected chi connectivity index (χ3v) is 1.72. The van der Waals surface area contributed by atoms with E-state index in [1.165, 1.54) is 17.1 Å². The quantitative estimate of drug-likeness (QED) is 0.475. The molecular formula is C7H11NO4. The van der Waals surface area contributed by atoms with Crippen molar-refractivity contribution in [2.45, 2.75) is 18.9 Å². The molecule has 1 aliphatic rings. The zero-order valence-electron chi connectivity index (χ0n) is 6.42. The van der Waals surface area contributed by atoms with Crippen LogP contribution in [0.4, 0.5) is 0 Å². The van der Waals surface area contributed by atoms with E-state index in [-0.39, 0.29) is 13.0 Å². The number of nitrogens with zero attached hydrogens (tertiary/aromatic N) is 1. The molecule has 12 heavy (non-hydrogen) atoms. The van der Waals surface area contributed by atoms with Crippen molar-refractivity contribution in [3.63, 3.8) is 0 Å². The molecule has 0 saturated heterocycles. The van der Waals surface area contributed by atoms with E-state index in [9.17, 15) is 4.79 Å². The summed E-state index contributed by atoms with van der Waals surface area (Å²) in [6, 6.07) is 0. The van der Waals surface area contributed by atoms with Crippen molar-refractivity contribution >= 4 is 5.97 Å². The second-order valence-corrected chi connectivity index (χ2v) is 2.59. The number of aliphatic carboxylic acids is 1. The smallest absolute Gasteiger partial charge is 0.304 e. The van der Waals surface area contributed by atoms with Crippen LogP contribution in [0.2, 0.25) is 0 Å². The highest BCUT2D eigenvalue weighted by atomic mass is 16.4. The Kier molecular flexibility index (Phi) is 2.80. The van der Waals surface area contributed by atoms with Crippen LogP contribution in [0.1, 0.15) is 6.42 Å². The number of aliphatic hydroxyl groups excluding tert-OH is 2. The van der Waals surface area contributed by atoms with Gasteiger partial charge in [-0.3, -0.25) is 4.79 Å². The van der Waals surface area contributed by atoms with Crippen LogP contribution >= 0.6 is 0 Å². The Morgan fingerprint density at radius 2 is 1.83 bits per heavy atom. The van der Waals surface area contributed by atoms with E-state index in [2.05, 4.69) is 0 Å². The van der Waals surface area contributed by atoms with Gasteiger partial charge in [-0.1, -0.05) is 0 Å². The minimum absolute atomic E-state index is 0.0875. The zero-order chi connectivity index (χ0) is 9.14. The van der Waals surface area contributed by atoms with Gasteiger partial charge in [0.1, 0.15) is 12.5 Å². The molecule has 3 N–H and O–H groups in total. The van der Waals surface area contributed by atoms with Gasteiger partial charge in [-0.05, 0) is 12.2 Å². The lowest BCUT2D eigenvalue weighted by Crippen LogP contribution is -2.38. The average molecular weight is 173 g/mol. The molecule has 0 saturated carbocycles. The van der Waals surface area contributed by atoms with Gasteiger partial charge in [0.15, 0.2) is 0 Å². The number of aliphatic hydroxyl groups is 2. The molecule has 5 heteroatoms. The SMILES string of the molecule is O=C(O)CCN1C(O)C=CC1O. The molecule has 1 rings (SSSR count). The summed E-state index contributed by atoms with van der Waals surface area (Å²) >= 11 is 0. The molecule has 0 spiro atoms. The fraction of sp³-hybridized carbons (Fsp3) is 0.571. The summed E-state index contributed by atoms with van der Waals surface area (Å²) in [5.41, 5.74) is 0. The number of hydrogen-bond donors (Lipinski definition) is 3. The van der Waals surface area contributed by atoms with Gasteiger partial charge in [0.05, 0.1) is 6.42 Å². The molecule has 1 aliphatic heterocycles. The van der Waals surface area contributed by atoms with Crippen molar-refractivity contribution in [1.29, 1.82) is 0 Å². The lowest BCUT2D eigenvalue weighted by atomic mass is 10.4. The monoisotopic (exact) mass is 173 g/mol. The second-order valence-electron chi connectivity index (χ2n) is 2.59. The minimum Gasteiger partial charge on any atom is -0.481 e. The first-order valence-corrected chi connectivity index (χ1v) is 3.63. The normalized spacial score (nSPS) is 29.5.